The molecule has 0 saturated heterocycles. The van der Waals surface area contributed by atoms with Gasteiger partial charge >= 0.3 is 6.18 Å². The van der Waals surface area contributed by atoms with E-state index in [1.54, 1.807) is 5.10 Å². The van der Waals surface area contributed by atoms with Gasteiger partial charge < -0.3 is 11.1 Å². The Morgan fingerprint density at radius 1 is 1.16 bits per heavy atom. The molecule has 37 heavy (non-hydrogen) atoms. The van der Waals surface area contributed by atoms with E-state index in [0.717, 1.165) is 18.5 Å². The molecule has 0 unspecified atom stereocenters. The zero-order valence-corrected chi connectivity index (χ0v) is 18.8. The molecule has 3 aromatic heterocycles. The Kier molecular flexibility index (Phi) is 6.83. The Hall–Kier alpha value is -4.87. The van der Waals surface area contributed by atoms with Crippen LogP contribution in [0.15, 0.2) is 40.4 Å². The van der Waals surface area contributed by atoms with Gasteiger partial charge in [-0.25, -0.2) is 24.4 Å². The molecule has 190 valence electrons. The largest absolute Gasteiger partial charge is 0.423 e. The Morgan fingerprint density at radius 3 is 2.65 bits per heavy atom. The number of rotatable bonds is 7. The number of unbranched alkanes of at least 4 members (excludes halogenated alkanes) is 1. The van der Waals surface area contributed by atoms with Crippen molar-refractivity contribution >= 4 is 22.4 Å². The summed E-state index contributed by atoms with van der Waals surface area (Å²) in [6.45, 7) is 0.248. The molecule has 4 N–H and O–H groups in total. The van der Waals surface area contributed by atoms with Crippen LogP contribution in [0.3, 0.4) is 0 Å². The van der Waals surface area contributed by atoms with Crippen LogP contribution in [-0.2, 0) is 12.7 Å². The smallest absolute Gasteiger partial charge is 0.383 e. The molecule has 1 aromatic carbocycles. The van der Waals surface area contributed by atoms with E-state index in [2.05, 4.69) is 25.4 Å². The molecule has 0 aliphatic carbocycles. The number of anilines is 2. The molecule has 0 bridgehead atoms. The average Bonchev–Trinajstić information content (AvgIpc) is 2.84. The summed E-state index contributed by atoms with van der Waals surface area (Å²) in [6, 6.07) is 4.12. The Labute approximate surface area is 204 Å². The van der Waals surface area contributed by atoms with Crippen molar-refractivity contribution in [1.29, 1.82) is 5.26 Å². The minimum Gasteiger partial charge on any atom is -0.383 e. The van der Waals surface area contributed by atoms with Gasteiger partial charge in [-0.15, -0.1) is 0 Å². The van der Waals surface area contributed by atoms with Crippen molar-refractivity contribution in [3.05, 3.63) is 68.5 Å². The first-order valence-corrected chi connectivity index (χ1v) is 10.7. The quantitative estimate of drug-likeness (QED) is 0.247. The summed E-state index contributed by atoms with van der Waals surface area (Å²) in [5, 5.41) is 16.6. The van der Waals surface area contributed by atoms with Crippen LogP contribution < -0.4 is 22.2 Å². The molecule has 0 saturated carbocycles. The molecule has 0 atom stereocenters. The number of benzene rings is 1. The SMILES string of the molecule is N#Cc1cnc(-c2cc3ncn(CCCCNc4cn[nH]c(=O)c4C(F)(F)F)c(=O)c3cc2F)nc1N. The first-order valence-electron chi connectivity index (χ1n) is 10.7. The van der Waals surface area contributed by atoms with Crippen molar-refractivity contribution in [3.63, 3.8) is 0 Å². The number of nitrogens with one attached hydrogen (secondary N) is 2. The third-order valence-corrected chi connectivity index (χ3v) is 5.37. The molecule has 11 nitrogen and oxygen atoms in total. The molecule has 0 amide bonds. The third-order valence-electron chi connectivity index (χ3n) is 5.37. The predicted octanol–water partition coefficient (Wildman–Crippen LogP) is 2.44. The van der Waals surface area contributed by atoms with E-state index >= 15 is 0 Å². The Morgan fingerprint density at radius 2 is 1.95 bits per heavy atom. The van der Waals surface area contributed by atoms with Crippen molar-refractivity contribution in [3.8, 4) is 17.5 Å². The summed E-state index contributed by atoms with van der Waals surface area (Å²) in [6.07, 6.45) is -0.816. The lowest BCUT2D eigenvalue weighted by Gasteiger charge is -2.13. The van der Waals surface area contributed by atoms with Gasteiger partial charge in [0.1, 0.15) is 28.8 Å². The molecule has 0 aliphatic rings. The second-order valence-electron chi connectivity index (χ2n) is 7.82. The number of nitrogen functional groups attached to an aromatic ring is 1. The molecule has 15 heteroatoms. The summed E-state index contributed by atoms with van der Waals surface area (Å²) >= 11 is 0. The minimum atomic E-state index is -4.85. The number of aromatic nitrogens is 6. The predicted molar refractivity (Wildman–Crippen MR) is 124 cm³/mol. The van der Waals surface area contributed by atoms with Crippen LogP contribution >= 0.6 is 0 Å². The maximum absolute atomic E-state index is 14.8. The second kappa shape index (κ2) is 10.0. The zero-order valence-electron chi connectivity index (χ0n) is 18.8. The number of hydrogen-bond donors (Lipinski definition) is 3. The molecular formula is C22H17F4N9O2. The van der Waals surface area contributed by atoms with Crippen LogP contribution in [0.1, 0.15) is 24.0 Å². The van der Waals surface area contributed by atoms with Crippen molar-refractivity contribution in [2.24, 2.45) is 0 Å². The highest BCUT2D eigenvalue weighted by molar-refractivity contribution is 5.82. The number of aromatic amines is 1. The van der Waals surface area contributed by atoms with Crippen LogP contribution in [0.2, 0.25) is 0 Å². The van der Waals surface area contributed by atoms with Gasteiger partial charge in [-0.2, -0.15) is 23.5 Å². The molecule has 4 aromatic rings. The molecule has 0 fully saturated rings. The maximum atomic E-state index is 14.8. The first kappa shape index (κ1) is 25.2. The maximum Gasteiger partial charge on any atom is 0.423 e. The zero-order chi connectivity index (χ0) is 26.7. The lowest BCUT2D eigenvalue weighted by atomic mass is 10.1. The lowest BCUT2D eigenvalue weighted by Crippen LogP contribution is -2.25. The Balaban J connectivity index is 1.46. The fourth-order valence-electron chi connectivity index (χ4n) is 3.56. The summed E-state index contributed by atoms with van der Waals surface area (Å²) in [7, 11) is 0. The van der Waals surface area contributed by atoms with Crippen molar-refractivity contribution in [2.45, 2.75) is 25.6 Å². The van der Waals surface area contributed by atoms with Crippen molar-refractivity contribution in [1.82, 2.24) is 29.7 Å². The van der Waals surface area contributed by atoms with Crippen LogP contribution in [-0.4, -0.2) is 36.3 Å². The number of nitriles is 1. The van der Waals surface area contributed by atoms with E-state index in [0.29, 0.717) is 12.8 Å². The summed E-state index contributed by atoms with van der Waals surface area (Å²) in [5.74, 6) is -0.974. The normalized spacial score (nSPS) is 11.4. The monoisotopic (exact) mass is 515 g/mol. The number of fused-ring (bicyclic) bond motifs is 1. The van der Waals surface area contributed by atoms with Gasteiger partial charge in [0.2, 0.25) is 0 Å². The molecule has 3 heterocycles. The molecular weight excluding hydrogens is 498 g/mol. The van der Waals surface area contributed by atoms with Gasteiger partial charge in [-0.05, 0) is 25.0 Å². The van der Waals surface area contributed by atoms with Crippen LogP contribution in [0.4, 0.5) is 29.1 Å². The number of alkyl halides is 3. The van der Waals surface area contributed by atoms with E-state index in [1.165, 1.54) is 17.0 Å². The molecule has 0 aliphatic heterocycles. The standard InChI is InChI=1S/C22H17F4N9O2/c23-14-5-13-15(6-12(14)19-30-8-11(7-27)18(28)33-19)31-10-35(21(13)37)4-2-1-3-29-16-9-32-34-20(36)17(16)22(24,25)26/h5-6,8-10H,1-4H2,(H2,28,30,33)(H2,29,34,36). The lowest BCUT2D eigenvalue weighted by molar-refractivity contribution is -0.138. The third kappa shape index (κ3) is 5.22. The molecule has 0 radical (unpaired) electrons. The number of H-pyrrole nitrogens is 1. The van der Waals surface area contributed by atoms with E-state index in [9.17, 15) is 27.2 Å². The highest BCUT2D eigenvalue weighted by Gasteiger charge is 2.37. The van der Waals surface area contributed by atoms with E-state index in [-0.39, 0.29) is 46.8 Å². The summed E-state index contributed by atoms with van der Waals surface area (Å²) in [4.78, 5) is 36.4. The van der Waals surface area contributed by atoms with Crippen LogP contribution in [0.5, 0.6) is 0 Å². The summed E-state index contributed by atoms with van der Waals surface area (Å²) in [5.41, 5.74) is 2.17. The van der Waals surface area contributed by atoms with Gasteiger partial charge in [-0.1, -0.05) is 0 Å². The fourth-order valence-corrected chi connectivity index (χ4v) is 3.56. The van der Waals surface area contributed by atoms with Gasteiger partial charge in [0.15, 0.2) is 5.82 Å². The Bertz CT molecular complexity index is 1640. The molecule has 4 rings (SSSR count). The number of nitrogens with two attached hydrogens (primary N) is 1. The molecule has 0 spiro atoms. The number of halogens is 4. The van der Waals surface area contributed by atoms with Crippen molar-refractivity contribution in [2.75, 3.05) is 17.6 Å². The van der Waals surface area contributed by atoms with Crippen molar-refractivity contribution < 1.29 is 17.6 Å². The average molecular weight is 515 g/mol. The number of hydrogen-bond acceptors (Lipinski definition) is 9. The van der Waals surface area contributed by atoms with E-state index < -0.39 is 34.4 Å². The minimum absolute atomic E-state index is 0.00731. The van der Waals surface area contributed by atoms with E-state index in [1.807, 2.05) is 6.07 Å². The van der Waals surface area contributed by atoms with Gasteiger partial charge in [-0.3, -0.25) is 14.2 Å². The van der Waals surface area contributed by atoms with Crippen LogP contribution in [0, 0.1) is 17.1 Å². The topological polar surface area (TPSA) is 168 Å². The number of nitrogens with zero attached hydrogens (tertiary/aromatic N) is 6. The van der Waals surface area contributed by atoms with Crippen LogP contribution in [0.25, 0.3) is 22.3 Å². The van der Waals surface area contributed by atoms with E-state index in [4.69, 9.17) is 11.0 Å². The van der Waals surface area contributed by atoms with Gasteiger partial charge in [0, 0.05) is 13.1 Å². The summed E-state index contributed by atoms with van der Waals surface area (Å²) < 4.78 is 55.3. The van der Waals surface area contributed by atoms with Gasteiger partial charge in [0.25, 0.3) is 11.1 Å². The van der Waals surface area contributed by atoms with Gasteiger partial charge in [0.05, 0.1) is 40.9 Å². The highest BCUT2D eigenvalue weighted by Crippen LogP contribution is 2.31. The first-order chi connectivity index (χ1) is 17.6. The second-order valence-corrected chi connectivity index (χ2v) is 7.82. The number of aryl methyl sites for hydroxylation is 1. The fraction of sp³-hybridized carbons (Fsp3) is 0.227. The highest BCUT2D eigenvalue weighted by atomic mass is 19.4.